The smallest absolute Gasteiger partial charge is 0.338 e. The number of carbonyl (C=O) groups excluding carboxylic acids is 2. The van der Waals surface area contributed by atoms with Crippen LogP contribution in [0.25, 0.3) is 0 Å². The van der Waals surface area contributed by atoms with Crippen molar-refractivity contribution in [3.8, 4) is 5.75 Å². The molecule has 0 aliphatic rings. The lowest BCUT2D eigenvalue weighted by Gasteiger charge is -2.10. The van der Waals surface area contributed by atoms with Crippen molar-refractivity contribution in [3.05, 3.63) is 88.0 Å². The number of nitrogens with one attached hydrogen (secondary N) is 2. The van der Waals surface area contributed by atoms with Crippen LogP contribution >= 0.6 is 0 Å². The van der Waals surface area contributed by atoms with Gasteiger partial charge >= 0.3 is 5.97 Å². The Balaban J connectivity index is 1.63. The predicted octanol–water partition coefficient (Wildman–Crippen LogP) is 3.51. The van der Waals surface area contributed by atoms with Gasteiger partial charge in [-0.05, 0) is 55.5 Å². The van der Waals surface area contributed by atoms with Crippen LogP contribution in [0.15, 0.2) is 71.6 Å². The fourth-order valence-electron chi connectivity index (χ4n) is 2.96. The lowest BCUT2D eigenvalue weighted by molar-refractivity contribution is -0.385. The van der Waals surface area contributed by atoms with Gasteiger partial charge in [0.05, 0.1) is 22.5 Å². The minimum absolute atomic E-state index is 0.0821. The van der Waals surface area contributed by atoms with Gasteiger partial charge in [0, 0.05) is 23.0 Å². The number of nitro groups is 1. The van der Waals surface area contributed by atoms with Crippen LogP contribution in [0.5, 0.6) is 5.75 Å². The van der Waals surface area contributed by atoms with Crippen molar-refractivity contribution in [1.82, 2.24) is 0 Å². The van der Waals surface area contributed by atoms with Crippen LogP contribution in [0.2, 0.25) is 0 Å². The fraction of sp³-hybridized carbons (Fsp3) is 0.130. The summed E-state index contributed by atoms with van der Waals surface area (Å²) >= 11 is 0. The molecule has 3 aromatic rings. The van der Waals surface area contributed by atoms with E-state index in [9.17, 15) is 28.1 Å². The molecule has 12 heteroatoms. The summed E-state index contributed by atoms with van der Waals surface area (Å²) in [5.41, 5.74) is 0.644. The molecule has 182 valence electrons. The molecule has 0 bridgehead atoms. The van der Waals surface area contributed by atoms with E-state index >= 15 is 0 Å². The lowest BCUT2D eigenvalue weighted by Crippen LogP contribution is -2.21. The van der Waals surface area contributed by atoms with Crippen molar-refractivity contribution in [1.29, 1.82) is 0 Å². The first-order valence-electron chi connectivity index (χ1n) is 10.1. The Morgan fingerprint density at radius 2 is 1.69 bits per heavy atom. The number of anilines is 2. The van der Waals surface area contributed by atoms with Crippen LogP contribution in [0.1, 0.15) is 15.9 Å². The molecule has 0 saturated carbocycles. The average molecular weight is 500 g/mol. The van der Waals surface area contributed by atoms with Gasteiger partial charge in [-0.25, -0.2) is 13.2 Å². The van der Waals surface area contributed by atoms with Crippen molar-refractivity contribution in [3.63, 3.8) is 0 Å². The zero-order chi connectivity index (χ0) is 25.6. The minimum Gasteiger partial charge on any atom is -0.497 e. The molecule has 0 unspecified atom stereocenters. The van der Waals surface area contributed by atoms with E-state index in [4.69, 9.17) is 9.47 Å². The highest BCUT2D eigenvalue weighted by Gasteiger charge is 2.18. The second-order valence-electron chi connectivity index (χ2n) is 7.24. The number of amides is 1. The van der Waals surface area contributed by atoms with Crippen LogP contribution in [0, 0.1) is 17.0 Å². The number of methoxy groups -OCH3 is 1. The standard InChI is InChI=1S/C23H21N3O8S/c1-15-6-7-18(13-21(15)26(29)30)24-22(27)14-34-23(28)16-4-3-5-20(12-16)35(31,32)25-17-8-10-19(33-2)11-9-17/h3-13,25H,14H2,1-2H3,(H,24,27). The quantitative estimate of drug-likeness (QED) is 0.258. The highest BCUT2D eigenvalue weighted by Crippen LogP contribution is 2.23. The summed E-state index contributed by atoms with van der Waals surface area (Å²) in [6.45, 7) is 0.883. The van der Waals surface area contributed by atoms with Gasteiger partial charge in [0.2, 0.25) is 0 Å². The van der Waals surface area contributed by atoms with Crippen molar-refractivity contribution < 1.29 is 32.4 Å². The van der Waals surface area contributed by atoms with E-state index in [1.165, 1.54) is 55.6 Å². The van der Waals surface area contributed by atoms with Crippen LogP contribution in [0.3, 0.4) is 0 Å². The number of aryl methyl sites for hydroxylation is 1. The average Bonchev–Trinajstić information content (AvgIpc) is 2.84. The van der Waals surface area contributed by atoms with Gasteiger partial charge in [0.1, 0.15) is 5.75 Å². The Morgan fingerprint density at radius 3 is 2.34 bits per heavy atom. The van der Waals surface area contributed by atoms with Gasteiger partial charge in [-0.2, -0.15) is 0 Å². The number of rotatable bonds is 9. The highest BCUT2D eigenvalue weighted by molar-refractivity contribution is 7.92. The summed E-state index contributed by atoms with van der Waals surface area (Å²) in [5, 5.41) is 13.4. The molecule has 0 atom stereocenters. The number of nitro benzene ring substituents is 1. The van der Waals surface area contributed by atoms with Gasteiger partial charge < -0.3 is 14.8 Å². The van der Waals surface area contributed by atoms with Crippen LogP contribution < -0.4 is 14.8 Å². The van der Waals surface area contributed by atoms with Crippen LogP contribution in [-0.2, 0) is 19.6 Å². The lowest BCUT2D eigenvalue weighted by atomic mass is 10.2. The summed E-state index contributed by atoms with van der Waals surface area (Å²) in [4.78, 5) is 34.8. The number of sulfonamides is 1. The van der Waals surface area contributed by atoms with E-state index in [2.05, 4.69) is 10.0 Å². The molecule has 3 rings (SSSR count). The molecule has 0 aliphatic carbocycles. The Hall–Kier alpha value is -4.45. The third-order valence-corrected chi connectivity index (χ3v) is 6.13. The van der Waals surface area contributed by atoms with Gasteiger partial charge in [-0.1, -0.05) is 12.1 Å². The summed E-state index contributed by atoms with van der Waals surface area (Å²) in [5.74, 6) is -1.08. The maximum atomic E-state index is 12.7. The molecule has 3 aromatic carbocycles. The molecule has 0 aliphatic heterocycles. The third-order valence-electron chi connectivity index (χ3n) is 4.75. The second kappa shape index (κ2) is 10.7. The summed E-state index contributed by atoms with van der Waals surface area (Å²) in [6.07, 6.45) is 0. The van der Waals surface area contributed by atoms with E-state index in [0.29, 0.717) is 17.0 Å². The largest absolute Gasteiger partial charge is 0.497 e. The van der Waals surface area contributed by atoms with E-state index in [-0.39, 0.29) is 21.8 Å². The number of nitrogens with zero attached hydrogens (tertiary/aromatic N) is 1. The van der Waals surface area contributed by atoms with Crippen LogP contribution in [-0.4, -0.2) is 38.9 Å². The first-order chi connectivity index (χ1) is 16.6. The van der Waals surface area contributed by atoms with Gasteiger partial charge in [-0.15, -0.1) is 0 Å². The summed E-state index contributed by atoms with van der Waals surface area (Å²) in [6, 6.07) is 15.5. The second-order valence-corrected chi connectivity index (χ2v) is 8.93. The highest BCUT2D eigenvalue weighted by atomic mass is 32.2. The van der Waals surface area contributed by atoms with E-state index < -0.39 is 33.4 Å². The number of ether oxygens (including phenoxy) is 2. The molecule has 2 N–H and O–H groups in total. The maximum Gasteiger partial charge on any atom is 0.338 e. The number of esters is 1. The minimum atomic E-state index is -4.01. The van der Waals surface area contributed by atoms with Crippen molar-refractivity contribution >= 4 is 39.0 Å². The van der Waals surface area contributed by atoms with Crippen molar-refractivity contribution in [2.24, 2.45) is 0 Å². The van der Waals surface area contributed by atoms with E-state index in [0.717, 1.165) is 6.07 Å². The molecule has 0 aromatic heterocycles. The molecule has 11 nitrogen and oxygen atoms in total. The number of carbonyl (C=O) groups is 2. The van der Waals surface area contributed by atoms with Gasteiger partial charge in [0.25, 0.3) is 21.6 Å². The monoisotopic (exact) mass is 499 g/mol. The molecular weight excluding hydrogens is 478 g/mol. The Morgan fingerprint density at radius 1 is 1.00 bits per heavy atom. The molecule has 0 fully saturated rings. The third kappa shape index (κ3) is 6.54. The Bertz CT molecular complexity index is 1370. The molecule has 0 heterocycles. The molecule has 0 spiro atoms. The first kappa shape index (κ1) is 25.2. The zero-order valence-electron chi connectivity index (χ0n) is 18.7. The summed E-state index contributed by atoms with van der Waals surface area (Å²) in [7, 11) is -2.52. The first-order valence-corrected chi connectivity index (χ1v) is 11.6. The Kier molecular flexibility index (Phi) is 7.66. The molecular formula is C23H21N3O8S. The molecule has 0 saturated heterocycles. The summed E-state index contributed by atoms with van der Waals surface area (Å²) < 4.78 is 37.8. The molecule has 0 radical (unpaired) electrons. The maximum absolute atomic E-state index is 12.7. The van der Waals surface area contributed by atoms with E-state index in [1.54, 1.807) is 19.1 Å². The van der Waals surface area contributed by atoms with Gasteiger partial charge in [-0.3, -0.25) is 19.6 Å². The van der Waals surface area contributed by atoms with Crippen molar-refractivity contribution in [2.45, 2.75) is 11.8 Å². The topological polar surface area (TPSA) is 154 Å². The SMILES string of the molecule is COc1ccc(NS(=O)(=O)c2cccc(C(=O)OCC(=O)Nc3ccc(C)c([N+](=O)[O-])c3)c2)cc1. The predicted molar refractivity (Wildman–Crippen MR) is 127 cm³/mol. The number of hydrogen-bond acceptors (Lipinski definition) is 8. The van der Waals surface area contributed by atoms with Gasteiger partial charge in [0.15, 0.2) is 6.61 Å². The van der Waals surface area contributed by atoms with Crippen LogP contribution in [0.4, 0.5) is 17.1 Å². The number of hydrogen-bond donors (Lipinski definition) is 2. The zero-order valence-corrected chi connectivity index (χ0v) is 19.5. The van der Waals surface area contributed by atoms with E-state index in [1.807, 2.05) is 0 Å². The molecule has 35 heavy (non-hydrogen) atoms. The Labute approximate surface area is 200 Å². The number of benzene rings is 3. The molecule has 1 amide bonds. The van der Waals surface area contributed by atoms with Crippen molar-refractivity contribution in [2.75, 3.05) is 23.8 Å². The fourth-order valence-corrected chi connectivity index (χ4v) is 4.06. The normalized spacial score (nSPS) is 10.8.